The lowest BCUT2D eigenvalue weighted by atomic mass is 10.1. The number of aromatic nitrogens is 1. The zero-order chi connectivity index (χ0) is 17.6. The minimum atomic E-state index is -0.461. The third-order valence-electron chi connectivity index (χ3n) is 4.29. The lowest BCUT2D eigenvalue weighted by Crippen LogP contribution is -2.36. The number of esters is 1. The predicted octanol–water partition coefficient (Wildman–Crippen LogP) is 4.13. The van der Waals surface area contributed by atoms with E-state index in [0.717, 1.165) is 49.3 Å². The van der Waals surface area contributed by atoms with E-state index in [1.807, 2.05) is 21.7 Å². The molecule has 1 amide bonds. The first kappa shape index (κ1) is 18.1. The average molecular weight is 379 g/mol. The highest BCUT2D eigenvalue weighted by Gasteiger charge is 2.21. The first-order valence-corrected chi connectivity index (χ1v) is 10.4. The number of ether oxygens (including phenoxy) is 1. The molecule has 0 bridgehead atoms. The van der Waals surface area contributed by atoms with Crippen molar-refractivity contribution < 1.29 is 14.3 Å². The lowest BCUT2D eigenvalue weighted by molar-refractivity contribution is -0.134. The van der Waals surface area contributed by atoms with Gasteiger partial charge in [-0.15, -0.1) is 11.3 Å². The van der Waals surface area contributed by atoms with Crippen molar-refractivity contribution in [1.29, 1.82) is 0 Å². The number of carbonyl (C=O) groups excluding carboxylic acids is 2. The molecule has 2 aromatic rings. The molecule has 0 saturated carbocycles. The fourth-order valence-corrected chi connectivity index (χ4v) is 4.55. The number of amides is 1. The van der Waals surface area contributed by atoms with Crippen LogP contribution in [0, 0.1) is 6.92 Å². The van der Waals surface area contributed by atoms with Crippen LogP contribution in [0.3, 0.4) is 0 Å². The Hall–Kier alpha value is -1.73. The number of nitrogens with zero attached hydrogens (tertiary/aromatic N) is 2. The van der Waals surface area contributed by atoms with Crippen LogP contribution in [-0.2, 0) is 9.53 Å². The highest BCUT2D eigenvalue weighted by molar-refractivity contribution is 7.17. The summed E-state index contributed by atoms with van der Waals surface area (Å²) in [5.74, 6) is -0.563. The molecule has 0 radical (unpaired) electrons. The quantitative estimate of drug-likeness (QED) is 0.751. The Kier molecular flexibility index (Phi) is 6.20. The second kappa shape index (κ2) is 8.58. The van der Waals surface area contributed by atoms with Gasteiger partial charge in [0.1, 0.15) is 9.88 Å². The Labute approximate surface area is 155 Å². The van der Waals surface area contributed by atoms with Crippen LogP contribution >= 0.6 is 22.7 Å². The van der Waals surface area contributed by atoms with Gasteiger partial charge in [-0.05, 0) is 31.2 Å². The van der Waals surface area contributed by atoms with Gasteiger partial charge in [-0.3, -0.25) is 4.79 Å². The maximum Gasteiger partial charge on any atom is 0.350 e. The maximum absolute atomic E-state index is 12.3. The van der Waals surface area contributed by atoms with Gasteiger partial charge in [-0.2, -0.15) is 11.3 Å². The standard InChI is InChI=1S/C18H22N2O3S2/c1-13-16(25-17(19-13)14-7-10-24-12-14)18(22)23-11-15(21)20-8-5-3-2-4-6-9-20/h7,10,12H,2-6,8-9,11H2,1H3. The van der Waals surface area contributed by atoms with E-state index >= 15 is 0 Å². The Balaban J connectivity index is 1.58. The molecule has 2 aromatic heterocycles. The van der Waals surface area contributed by atoms with Crippen LogP contribution in [-0.4, -0.2) is 41.5 Å². The number of hydrogen-bond acceptors (Lipinski definition) is 6. The molecule has 1 saturated heterocycles. The van der Waals surface area contributed by atoms with Gasteiger partial charge in [0, 0.05) is 24.0 Å². The summed E-state index contributed by atoms with van der Waals surface area (Å²) in [5.41, 5.74) is 1.66. The first-order chi connectivity index (χ1) is 12.1. The molecule has 0 unspecified atom stereocenters. The van der Waals surface area contributed by atoms with Gasteiger partial charge in [0.2, 0.25) is 0 Å². The predicted molar refractivity (Wildman–Crippen MR) is 100 cm³/mol. The number of thiazole rings is 1. The van der Waals surface area contributed by atoms with Crippen LogP contribution < -0.4 is 0 Å². The zero-order valence-electron chi connectivity index (χ0n) is 14.3. The van der Waals surface area contributed by atoms with Crippen LogP contribution in [0.4, 0.5) is 0 Å². The van der Waals surface area contributed by atoms with Gasteiger partial charge in [0.15, 0.2) is 6.61 Å². The molecule has 5 nitrogen and oxygen atoms in total. The van der Waals surface area contributed by atoms with Gasteiger partial charge in [0.25, 0.3) is 5.91 Å². The molecule has 0 N–H and O–H groups in total. The second-order valence-corrected chi connectivity index (χ2v) is 7.95. The van der Waals surface area contributed by atoms with E-state index in [2.05, 4.69) is 4.98 Å². The summed E-state index contributed by atoms with van der Waals surface area (Å²) in [6, 6.07) is 1.98. The van der Waals surface area contributed by atoms with Gasteiger partial charge >= 0.3 is 5.97 Å². The van der Waals surface area contributed by atoms with E-state index in [9.17, 15) is 9.59 Å². The van der Waals surface area contributed by atoms with Gasteiger partial charge in [-0.25, -0.2) is 9.78 Å². The summed E-state index contributed by atoms with van der Waals surface area (Å²) >= 11 is 2.91. The molecule has 1 aliphatic rings. The van der Waals surface area contributed by atoms with E-state index in [4.69, 9.17) is 4.74 Å². The van der Waals surface area contributed by atoms with E-state index in [0.29, 0.717) is 10.6 Å². The molecule has 25 heavy (non-hydrogen) atoms. The molecule has 0 aliphatic carbocycles. The molecule has 1 fully saturated rings. The number of rotatable bonds is 4. The third-order valence-corrected chi connectivity index (χ3v) is 6.16. The smallest absolute Gasteiger partial charge is 0.350 e. The molecule has 7 heteroatoms. The van der Waals surface area contributed by atoms with Crippen molar-refractivity contribution in [3.8, 4) is 10.6 Å². The van der Waals surface area contributed by atoms with E-state index in [1.54, 1.807) is 18.3 Å². The summed E-state index contributed by atoms with van der Waals surface area (Å²) in [6.07, 6.45) is 5.62. The normalized spacial score (nSPS) is 15.5. The van der Waals surface area contributed by atoms with Crippen molar-refractivity contribution >= 4 is 34.6 Å². The SMILES string of the molecule is Cc1nc(-c2ccsc2)sc1C(=O)OCC(=O)N1CCCCCCC1. The topological polar surface area (TPSA) is 59.5 Å². The molecular formula is C18H22N2O3S2. The Morgan fingerprint density at radius 2 is 1.92 bits per heavy atom. The van der Waals surface area contributed by atoms with Crippen molar-refractivity contribution in [3.05, 3.63) is 27.4 Å². The highest BCUT2D eigenvalue weighted by atomic mass is 32.1. The molecule has 0 atom stereocenters. The number of thiophene rings is 1. The van der Waals surface area contributed by atoms with E-state index < -0.39 is 5.97 Å². The first-order valence-electron chi connectivity index (χ1n) is 8.60. The summed E-state index contributed by atoms with van der Waals surface area (Å²) in [5, 5.41) is 4.78. The zero-order valence-corrected chi connectivity index (χ0v) is 16.0. The fourth-order valence-electron chi connectivity index (χ4n) is 2.88. The van der Waals surface area contributed by atoms with Crippen LogP contribution in [0.25, 0.3) is 10.6 Å². The minimum Gasteiger partial charge on any atom is -0.451 e. The largest absolute Gasteiger partial charge is 0.451 e. The fraction of sp³-hybridized carbons (Fsp3) is 0.500. The number of likely N-dealkylation sites (tertiary alicyclic amines) is 1. The average Bonchev–Trinajstić information content (AvgIpc) is 3.21. The van der Waals surface area contributed by atoms with Crippen LogP contribution in [0.2, 0.25) is 0 Å². The third kappa shape index (κ3) is 4.67. The molecule has 0 aromatic carbocycles. The van der Waals surface area contributed by atoms with Crippen LogP contribution in [0.1, 0.15) is 47.5 Å². The minimum absolute atomic E-state index is 0.101. The molecular weight excluding hydrogens is 356 g/mol. The second-order valence-electron chi connectivity index (χ2n) is 6.17. The van der Waals surface area contributed by atoms with Crippen molar-refractivity contribution in [3.63, 3.8) is 0 Å². The van der Waals surface area contributed by atoms with E-state index in [1.165, 1.54) is 17.8 Å². The molecule has 0 spiro atoms. The molecule has 134 valence electrons. The molecule has 3 heterocycles. The Morgan fingerprint density at radius 1 is 1.20 bits per heavy atom. The summed E-state index contributed by atoms with van der Waals surface area (Å²) < 4.78 is 5.27. The van der Waals surface area contributed by atoms with Crippen LogP contribution in [0.15, 0.2) is 16.8 Å². The van der Waals surface area contributed by atoms with Crippen molar-refractivity contribution in [2.75, 3.05) is 19.7 Å². The highest BCUT2D eigenvalue weighted by Crippen LogP contribution is 2.29. The van der Waals surface area contributed by atoms with Crippen LogP contribution in [0.5, 0.6) is 0 Å². The van der Waals surface area contributed by atoms with Crippen molar-refractivity contribution in [2.45, 2.75) is 39.0 Å². The van der Waals surface area contributed by atoms with Crippen molar-refractivity contribution in [2.24, 2.45) is 0 Å². The van der Waals surface area contributed by atoms with Gasteiger partial charge in [0.05, 0.1) is 5.69 Å². The maximum atomic E-state index is 12.3. The number of hydrogen-bond donors (Lipinski definition) is 0. The summed E-state index contributed by atoms with van der Waals surface area (Å²) in [6.45, 7) is 3.13. The molecule has 1 aliphatic heterocycles. The monoisotopic (exact) mass is 378 g/mol. The molecule has 3 rings (SSSR count). The van der Waals surface area contributed by atoms with Gasteiger partial charge < -0.3 is 9.64 Å². The van der Waals surface area contributed by atoms with Crippen molar-refractivity contribution in [1.82, 2.24) is 9.88 Å². The van der Waals surface area contributed by atoms with Gasteiger partial charge in [-0.1, -0.05) is 19.3 Å². The number of aryl methyl sites for hydroxylation is 1. The summed E-state index contributed by atoms with van der Waals surface area (Å²) in [7, 11) is 0. The summed E-state index contributed by atoms with van der Waals surface area (Å²) in [4.78, 5) is 31.4. The Morgan fingerprint density at radius 3 is 2.60 bits per heavy atom. The number of carbonyl (C=O) groups is 2. The Bertz CT molecular complexity index is 717. The van der Waals surface area contributed by atoms with E-state index in [-0.39, 0.29) is 12.5 Å². The lowest BCUT2D eigenvalue weighted by Gasteiger charge is -2.24.